The summed E-state index contributed by atoms with van der Waals surface area (Å²) in [5.41, 5.74) is 1.63. The number of allylic oxidation sites excluding steroid dienone is 1. The predicted octanol–water partition coefficient (Wildman–Crippen LogP) is 3.24. The number of esters is 1. The number of aromatic nitrogens is 1. The molecule has 1 aromatic carbocycles. The second-order valence-electron chi connectivity index (χ2n) is 7.55. The monoisotopic (exact) mass is 465 g/mol. The summed E-state index contributed by atoms with van der Waals surface area (Å²) in [5, 5.41) is 0. The molecule has 2 aromatic heterocycles. The average Bonchev–Trinajstić information content (AvgIpc) is 3.43. The van der Waals surface area contributed by atoms with E-state index in [-0.39, 0.29) is 5.56 Å². The number of anilines is 1. The van der Waals surface area contributed by atoms with Gasteiger partial charge in [0.15, 0.2) is 10.7 Å². The third-order valence-electron chi connectivity index (χ3n) is 5.73. The molecule has 172 valence electrons. The fourth-order valence-corrected chi connectivity index (χ4v) is 5.07. The van der Waals surface area contributed by atoms with Gasteiger partial charge in [0.05, 0.1) is 29.0 Å². The molecule has 1 aliphatic heterocycles. The smallest absolute Gasteiger partial charge is 0.338 e. The molecule has 8 heteroatoms. The molecule has 0 spiro atoms. The van der Waals surface area contributed by atoms with Gasteiger partial charge < -0.3 is 14.1 Å². The van der Waals surface area contributed by atoms with Gasteiger partial charge in [-0.05, 0) is 31.9 Å². The number of hydrogen-bond acceptors (Lipinski definition) is 7. The van der Waals surface area contributed by atoms with E-state index >= 15 is 0 Å². The average molecular weight is 466 g/mol. The molecule has 33 heavy (non-hydrogen) atoms. The lowest BCUT2D eigenvalue weighted by molar-refractivity contribution is -0.136. The number of furan rings is 1. The first-order chi connectivity index (χ1) is 16.0. The van der Waals surface area contributed by atoms with E-state index in [1.165, 1.54) is 18.4 Å². The van der Waals surface area contributed by atoms with Crippen molar-refractivity contribution in [1.82, 2.24) is 4.57 Å². The molecule has 0 aliphatic carbocycles. The summed E-state index contributed by atoms with van der Waals surface area (Å²) >= 11 is 1.29. The molecule has 1 atom stereocenters. The number of hydrogen-bond donors (Lipinski definition) is 0. The van der Waals surface area contributed by atoms with Crippen molar-refractivity contribution in [2.24, 2.45) is 4.99 Å². The SMILES string of the molecule is CCC1=C(C(=O)OC)[C@@H](c2ccccc2)n2c(s/c(=C\c3ccc(N(CC)CC)o3)c2=O)=N1. The van der Waals surface area contributed by atoms with E-state index in [2.05, 4.69) is 23.7 Å². The van der Waals surface area contributed by atoms with Gasteiger partial charge in [-0.2, -0.15) is 0 Å². The van der Waals surface area contributed by atoms with Crippen LogP contribution in [0.4, 0.5) is 5.88 Å². The minimum absolute atomic E-state index is 0.218. The highest BCUT2D eigenvalue weighted by atomic mass is 32.1. The highest BCUT2D eigenvalue weighted by Crippen LogP contribution is 2.31. The second kappa shape index (κ2) is 9.62. The summed E-state index contributed by atoms with van der Waals surface area (Å²) in [6.07, 6.45) is 2.29. The highest BCUT2D eigenvalue weighted by molar-refractivity contribution is 7.07. The van der Waals surface area contributed by atoms with Crippen LogP contribution in [0.25, 0.3) is 6.08 Å². The summed E-state index contributed by atoms with van der Waals surface area (Å²) in [4.78, 5) is 33.7. The van der Waals surface area contributed by atoms with Gasteiger partial charge in [-0.1, -0.05) is 48.6 Å². The van der Waals surface area contributed by atoms with E-state index in [0.717, 1.165) is 24.5 Å². The Morgan fingerprint density at radius 3 is 2.55 bits per heavy atom. The van der Waals surface area contributed by atoms with Crippen molar-refractivity contribution in [2.45, 2.75) is 33.2 Å². The third kappa shape index (κ3) is 4.18. The number of carbonyl (C=O) groups is 1. The van der Waals surface area contributed by atoms with E-state index < -0.39 is 12.0 Å². The Labute approximate surface area is 195 Å². The molecule has 3 aromatic rings. The number of carbonyl (C=O) groups excluding carboxylic acids is 1. The fraction of sp³-hybridized carbons (Fsp3) is 0.320. The molecular weight excluding hydrogens is 438 g/mol. The molecular formula is C25H27N3O4S. The van der Waals surface area contributed by atoms with Crippen LogP contribution in [-0.4, -0.2) is 30.7 Å². The Morgan fingerprint density at radius 2 is 1.91 bits per heavy atom. The van der Waals surface area contributed by atoms with Crippen molar-refractivity contribution < 1.29 is 13.9 Å². The van der Waals surface area contributed by atoms with Crippen LogP contribution < -0.4 is 19.8 Å². The van der Waals surface area contributed by atoms with Gasteiger partial charge in [-0.3, -0.25) is 9.36 Å². The summed E-state index contributed by atoms with van der Waals surface area (Å²) in [7, 11) is 1.35. The number of ether oxygens (including phenoxy) is 1. The van der Waals surface area contributed by atoms with Gasteiger partial charge >= 0.3 is 5.97 Å². The number of rotatable bonds is 7. The summed E-state index contributed by atoms with van der Waals surface area (Å²) in [5.74, 6) is 0.886. The van der Waals surface area contributed by atoms with Crippen molar-refractivity contribution in [3.63, 3.8) is 0 Å². The van der Waals surface area contributed by atoms with E-state index in [1.807, 2.05) is 49.4 Å². The quantitative estimate of drug-likeness (QED) is 0.501. The van der Waals surface area contributed by atoms with Crippen LogP contribution in [0.15, 0.2) is 67.9 Å². The van der Waals surface area contributed by atoms with Crippen molar-refractivity contribution >= 4 is 29.3 Å². The van der Waals surface area contributed by atoms with E-state index in [9.17, 15) is 9.59 Å². The van der Waals surface area contributed by atoms with Crippen LogP contribution in [0.3, 0.4) is 0 Å². The molecule has 0 N–H and O–H groups in total. The number of fused-ring (bicyclic) bond motifs is 1. The minimum atomic E-state index is -0.602. The van der Waals surface area contributed by atoms with Crippen LogP contribution >= 0.6 is 11.3 Å². The standard InChI is InChI=1S/C25H27N3O4S/c1-5-18-21(24(30)31-4)22(16-11-9-8-10-12-16)28-23(29)19(33-25(28)26-18)15-17-13-14-20(32-17)27(6-2)7-3/h8-15,22H,5-7H2,1-4H3/b19-15-/t22-/m1/s1. The maximum Gasteiger partial charge on any atom is 0.338 e. The lowest BCUT2D eigenvalue weighted by Crippen LogP contribution is -2.40. The van der Waals surface area contributed by atoms with Crippen LogP contribution in [-0.2, 0) is 9.53 Å². The first kappa shape index (κ1) is 22.8. The Bertz CT molecular complexity index is 1360. The maximum atomic E-state index is 13.6. The fourth-order valence-electron chi connectivity index (χ4n) is 4.07. The van der Waals surface area contributed by atoms with Gasteiger partial charge in [-0.15, -0.1) is 0 Å². The van der Waals surface area contributed by atoms with Gasteiger partial charge in [-0.25, -0.2) is 9.79 Å². The first-order valence-electron chi connectivity index (χ1n) is 11.0. The summed E-state index contributed by atoms with van der Waals surface area (Å²) in [6.45, 7) is 7.74. The molecule has 7 nitrogen and oxygen atoms in total. The molecule has 0 saturated heterocycles. The Kier molecular flexibility index (Phi) is 6.65. The Hall–Kier alpha value is -3.39. The summed E-state index contributed by atoms with van der Waals surface area (Å²) in [6, 6.07) is 12.7. The van der Waals surface area contributed by atoms with Crippen molar-refractivity contribution in [2.75, 3.05) is 25.1 Å². The van der Waals surface area contributed by atoms with Gasteiger partial charge in [0.1, 0.15) is 5.76 Å². The van der Waals surface area contributed by atoms with Gasteiger partial charge in [0.25, 0.3) is 5.56 Å². The second-order valence-corrected chi connectivity index (χ2v) is 8.56. The molecule has 1 aliphatic rings. The normalized spacial score (nSPS) is 15.9. The molecule has 0 amide bonds. The van der Waals surface area contributed by atoms with Gasteiger partial charge in [0.2, 0.25) is 0 Å². The molecule has 3 heterocycles. The van der Waals surface area contributed by atoms with Crippen LogP contribution in [0.1, 0.15) is 44.6 Å². The molecule has 0 radical (unpaired) electrons. The summed E-state index contributed by atoms with van der Waals surface area (Å²) < 4.78 is 13.1. The topological polar surface area (TPSA) is 77.0 Å². The largest absolute Gasteiger partial charge is 0.466 e. The van der Waals surface area contributed by atoms with E-state index in [0.29, 0.717) is 32.8 Å². The number of thiazole rings is 1. The maximum absolute atomic E-state index is 13.6. The van der Waals surface area contributed by atoms with E-state index in [4.69, 9.17) is 9.15 Å². The number of benzene rings is 1. The number of methoxy groups -OCH3 is 1. The molecule has 0 saturated carbocycles. The Balaban J connectivity index is 1.90. The zero-order chi connectivity index (χ0) is 23.5. The van der Waals surface area contributed by atoms with Gasteiger partial charge in [0, 0.05) is 25.2 Å². The zero-order valence-corrected chi connectivity index (χ0v) is 20.0. The molecule has 4 rings (SSSR count). The molecule has 0 fully saturated rings. The minimum Gasteiger partial charge on any atom is -0.466 e. The van der Waals surface area contributed by atoms with Crippen LogP contribution in [0.5, 0.6) is 0 Å². The first-order valence-corrected chi connectivity index (χ1v) is 11.9. The lowest BCUT2D eigenvalue weighted by atomic mass is 9.95. The number of nitrogens with zero attached hydrogens (tertiary/aromatic N) is 3. The van der Waals surface area contributed by atoms with Crippen molar-refractivity contribution in [3.8, 4) is 0 Å². The Morgan fingerprint density at radius 1 is 1.18 bits per heavy atom. The molecule has 0 bridgehead atoms. The third-order valence-corrected chi connectivity index (χ3v) is 6.71. The molecule has 0 unspecified atom stereocenters. The van der Waals surface area contributed by atoms with E-state index in [1.54, 1.807) is 10.6 Å². The van der Waals surface area contributed by atoms with Crippen LogP contribution in [0.2, 0.25) is 0 Å². The van der Waals surface area contributed by atoms with Crippen molar-refractivity contribution in [1.29, 1.82) is 0 Å². The van der Waals surface area contributed by atoms with Crippen LogP contribution in [0, 0.1) is 0 Å². The zero-order valence-electron chi connectivity index (χ0n) is 19.2. The van der Waals surface area contributed by atoms with Crippen molar-refractivity contribution in [3.05, 3.63) is 84.7 Å². The lowest BCUT2D eigenvalue weighted by Gasteiger charge is -2.25. The highest BCUT2D eigenvalue weighted by Gasteiger charge is 2.33. The predicted molar refractivity (Wildman–Crippen MR) is 129 cm³/mol.